The standard InChI is InChI=1S/C29H30N6O4/c36-26(30-16-20-5-2-1-3-6-20)22-7-4-8-23(15-22)35-25-24(17-32-35)28(38)34(19-31-25)18-29(39)11-13-33(14-12-29)27(37)21-9-10-21/h1-8,15,17,19,21,39H,9-14,16,18H2,(H,30,36). The monoisotopic (exact) mass is 526 g/mol. The van der Waals surface area contributed by atoms with Crippen LogP contribution in [0.1, 0.15) is 41.6 Å². The molecule has 1 saturated carbocycles. The molecule has 2 aliphatic rings. The number of benzene rings is 2. The lowest BCUT2D eigenvalue weighted by atomic mass is 9.91. The molecule has 0 bridgehead atoms. The lowest BCUT2D eigenvalue weighted by Crippen LogP contribution is -2.50. The average Bonchev–Trinajstić information content (AvgIpc) is 3.72. The molecule has 2 N–H and O–H groups in total. The van der Waals surface area contributed by atoms with Gasteiger partial charge in [0.2, 0.25) is 5.91 Å². The maximum Gasteiger partial charge on any atom is 0.264 e. The third kappa shape index (κ3) is 5.20. The van der Waals surface area contributed by atoms with Gasteiger partial charge >= 0.3 is 0 Å². The molecule has 0 spiro atoms. The Balaban J connectivity index is 1.17. The van der Waals surface area contributed by atoms with Crippen molar-refractivity contribution in [3.63, 3.8) is 0 Å². The number of carbonyl (C=O) groups is 2. The molecule has 1 aliphatic heterocycles. The van der Waals surface area contributed by atoms with Crippen LogP contribution in [0, 0.1) is 5.92 Å². The highest BCUT2D eigenvalue weighted by Gasteiger charge is 2.39. The summed E-state index contributed by atoms with van der Waals surface area (Å²) in [6, 6.07) is 16.7. The molecule has 2 aromatic heterocycles. The third-order valence-electron chi connectivity index (χ3n) is 7.60. The van der Waals surface area contributed by atoms with Gasteiger partial charge < -0.3 is 15.3 Å². The lowest BCUT2D eigenvalue weighted by molar-refractivity contribution is -0.137. The number of nitrogens with one attached hydrogen (secondary N) is 1. The molecular weight excluding hydrogens is 496 g/mol. The Morgan fingerprint density at radius 3 is 2.56 bits per heavy atom. The van der Waals surface area contributed by atoms with Gasteiger partial charge in [-0.1, -0.05) is 36.4 Å². The van der Waals surface area contributed by atoms with Gasteiger partial charge in [-0.3, -0.25) is 19.0 Å². The Kier molecular flexibility index (Phi) is 6.48. The number of hydrogen-bond acceptors (Lipinski definition) is 6. The number of aromatic nitrogens is 4. The summed E-state index contributed by atoms with van der Waals surface area (Å²) in [6.07, 6.45) is 5.63. The number of piperidine rings is 1. The summed E-state index contributed by atoms with van der Waals surface area (Å²) in [5, 5.41) is 18.8. The first-order valence-corrected chi connectivity index (χ1v) is 13.3. The van der Waals surface area contributed by atoms with Crippen LogP contribution >= 0.6 is 0 Å². The maximum absolute atomic E-state index is 13.3. The van der Waals surface area contributed by atoms with Crippen molar-refractivity contribution in [1.29, 1.82) is 0 Å². The molecule has 3 heterocycles. The Morgan fingerprint density at radius 1 is 1.05 bits per heavy atom. The van der Waals surface area contributed by atoms with E-state index in [0.29, 0.717) is 54.8 Å². The first-order valence-electron chi connectivity index (χ1n) is 13.3. The van der Waals surface area contributed by atoms with Gasteiger partial charge in [-0.25, -0.2) is 9.67 Å². The molecule has 10 nitrogen and oxygen atoms in total. The lowest BCUT2D eigenvalue weighted by Gasteiger charge is -2.38. The van der Waals surface area contributed by atoms with Crippen LogP contribution in [0.3, 0.4) is 0 Å². The zero-order valence-electron chi connectivity index (χ0n) is 21.5. The highest BCUT2D eigenvalue weighted by Crippen LogP contribution is 2.33. The molecule has 10 heteroatoms. The molecule has 200 valence electrons. The second kappa shape index (κ2) is 10.1. The topological polar surface area (TPSA) is 122 Å². The van der Waals surface area contributed by atoms with E-state index in [0.717, 1.165) is 18.4 Å². The SMILES string of the molecule is O=C(NCc1ccccc1)c1cccc(-n2ncc3c(=O)n(CC4(O)CCN(C(=O)C5CC5)CC4)cnc32)c1. The van der Waals surface area contributed by atoms with Crippen molar-refractivity contribution in [2.24, 2.45) is 5.92 Å². The maximum atomic E-state index is 13.3. The van der Waals surface area contributed by atoms with E-state index in [4.69, 9.17) is 0 Å². The molecule has 1 saturated heterocycles. The number of carbonyl (C=O) groups excluding carboxylic acids is 2. The number of hydrogen-bond donors (Lipinski definition) is 2. The first kappa shape index (κ1) is 25.0. The van der Waals surface area contributed by atoms with Gasteiger partial charge in [0.25, 0.3) is 11.5 Å². The van der Waals surface area contributed by atoms with E-state index in [2.05, 4.69) is 15.4 Å². The number of fused-ring (bicyclic) bond motifs is 1. The zero-order chi connectivity index (χ0) is 27.0. The summed E-state index contributed by atoms with van der Waals surface area (Å²) >= 11 is 0. The Labute approximate surface area is 224 Å². The minimum Gasteiger partial charge on any atom is -0.388 e. The van der Waals surface area contributed by atoms with Crippen molar-refractivity contribution in [2.75, 3.05) is 13.1 Å². The van der Waals surface area contributed by atoms with Crippen molar-refractivity contribution in [3.8, 4) is 5.69 Å². The predicted octanol–water partition coefficient (Wildman–Crippen LogP) is 2.28. The zero-order valence-corrected chi connectivity index (χ0v) is 21.5. The van der Waals surface area contributed by atoms with E-state index in [1.54, 1.807) is 24.3 Å². The fourth-order valence-corrected chi connectivity index (χ4v) is 5.12. The molecule has 1 aliphatic carbocycles. The van der Waals surface area contributed by atoms with Gasteiger partial charge in [0.05, 0.1) is 24.0 Å². The van der Waals surface area contributed by atoms with Crippen molar-refractivity contribution in [1.82, 2.24) is 29.5 Å². The molecule has 39 heavy (non-hydrogen) atoms. The molecule has 0 unspecified atom stereocenters. The molecule has 2 fully saturated rings. The highest BCUT2D eigenvalue weighted by molar-refractivity contribution is 5.94. The quantitative estimate of drug-likeness (QED) is 0.381. The van der Waals surface area contributed by atoms with Crippen LogP contribution in [0.2, 0.25) is 0 Å². The second-order valence-electron chi connectivity index (χ2n) is 10.5. The van der Waals surface area contributed by atoms with E-state index in [9.17, 15) is 19.5 Å². The second-order valence-corrected chi connectivity index (χ2v) is 10.5. The van der Waals surface area contributed by atoms with Gasteiger partial charge in [0.1, 0.15) is 11.7 Å². The summed E-state index contributed by atoms with van der Waals surface area (Å²) in [5.41, 5.74) is 1.06. The van der Waals surface area contributed by atoms with Crippen LogP contribution < -0.4 is 10.9 Å². The Morgan fingerprint density at radius 2 is 1.82 bits per heavy atom. The smallest absolute Gasteiger partial charge is 0.264 e. The van der Waals surface area contributed by atoms with Gasteiger partial charge in [-0.15, -0.1) is 0 Å². The molecule has 0 atom stereocenters. The van der Waals surface area contributed by atoms with Crippen LogP contribution in [0.4, 0.5) is 0 Å². The van der Waals surface area contributed by atoms with Crippen molar-refractivity contribution < 1.29 is 14.7 Å². The minimum atomic E-state index is -1.09. The molecular formula is C29H30N6O4. The summed E-state index contributed by atoms with van der Waals surface area (Å²) in [7, 11) is 0. The van der Waals surface area contributed by atoms with Crippen molar-refractivity contribution >= 4 is 22.8 Å². The largest absolute Gasteiger partial charge is 0.388 e. The fraction of sp³-hybridized carbons (Fsp3) is 0.345. The van der Waals surface area contributed by atoms with Crippen LogP contribution in [-0.4, -0.2) is 59.8 Å². The van der Waals surface area contributed by atoms with E-state index in [1.165, 1.54) is 21.8 Å². The number of rotatable bonds is 7. The van der Waals surface area contributed by atoms with E-state index >= 15 is 0 Å². The minimum absolute atomic E-state index is 0.0997. The molecule has 0 radical (unpaired) electrons. The van der Waals surface area contributed by atoms with Gasteiger partial charge in [0, 0.05) is 31.1 Å². The number of likely N-dealkylation sites (tertiary alicyclic amines) is 1. The van der Waals surface area contributed by atoms with Crippen LogP contribution in [-0.2, 0) is 17.9 Å². The van der Waals surface area contributed by atoms with Crippen molar-refractivity contribution in [3.05, 3.63) is 88.6 Å². The number of aliphatic hydroxyl groups is 1. The summed E-state index contributed by atoms with van der Waals surface area (Å²) in [6.45, 7) is 1.49. The third-order valence-corrected chi connectivity index (χ3v) is 7.60. The normalized spacial score (nSPS) is 16.8. The molecule has 6 rings (SSSR count). The molecule has 2 amide bonds. The van der Waals surface area contributed by atoms with Crippen LogP contribution in [0.5, 0.6) is 0 Å². The molecule has 2 aromatic carbocycles. The summed E-state index contributed by atoms with van der Waals surface area (Å²) in [4.78, 5) is 44.7. The average molecular weight is 527 g/mol. The Bertz CT molecular complexity index is 1580. The van der Waals surface area contributed by atoms with Crippen LogP contribution in [0.15, 0.2) is 71.9 Å². The Hall–Kier alpha value is -4.31. The molecule has 4 aromatic rings. The summed E-state index contributed by atoms with van der Waals surface area (Å²) in [5.74, 6) is 0.124. The predicted molar refractivity (Wildman–Crippen MR) is 144 cm³/mol. The van der Waals surface area contributed by atoms with Crippen molar-refractivity contribution in [2.45, 2.75) is 44.4 Å². The first-order chi connectivity index (χ1) is 18.9. The van der Waals surface area contributed by atoms with E-state index in [-0.39, 0.29) is 29.8 Å². The number of amides is 2. The van der Waals surface area contributed by atoms with E-state index < -0.39 is 5.60 Å². The fourth-order valence-electron chi connectivity index (χ4n) is 5.12. The number of nitrogens with zero attached hydrogens (tertiary/aromatic N) is 5. The highest BCUT2D eigenvalue weighted by atomic mass is 16.3. The summed E-state index contributed by atoms with van der Waals surface area (Å²) < 4.78 is 2.95. The van der Waals surface area contributed by atoms with Gasteiger partial charge in [-0.05, 0) is 49.4 Å². The van der Waals surface area contributed by atoms with Crippen LogP contribution in [0.25, 0.3) is 16.7 Å². The van der Waals surface area contributed by atoms with Gasteiger partial charge in [0.15, 0.2) is 5.65 Å². The van der Waals surface area contributed by atoms with E-state index in [1.807, 2.05) is 35.2 Å². The van der Waals surface area contributed by atoms with Gasteiger partial charge in [-0.2, -0.15) is 5.10 Å².